The summed E-state index contributed by atoms with van der Waals surface area (Å²) in [7, 11) is 0. The molecule has 0 aliphatic rings. The molecule has 0 heterocycles. The molecule has 1 aromatic rings. The number of benzene rings is 1. The standard InChI is InChI=1S/C14H15NO/c1-4-5-11-15(14(16)12(2)3)13-9-7-6-8-10-13/h6-10H,2,11H2,1,3H3. The molecule has 2 heteroatoms. The fourth-order valence-corrected chi connectivity index (χ4v) is 1.28. The Balaban J connectivity index is 2.99. The number of amides is 1. The number of hydrogen-bond acceptors (Lipinski definition) is 1. The lowest BCUT2D eigenvalue weighted by atomic mass is 10.2. The lowest BCUT2D eigenvalue weighted by molar-refractivity contribution is -0.114. The van der Waals surface area contributed by atoms with Crippen LogP contribution in [0, 0.1) is 11.8 Å². The number of hydrogen-bond donors (Lipinski definition) is 0. The highest BCUT2D eigenvalue weighted by Gasteiger charge is 2.14. The summed E-state index contributed by atoms with van der Waals surface area (Å²) < 4.78 is 0. The van der Waals surface area contributed by atoms with Crippen molar-refractivity contribution < 1.29 is 4.79 Å². The lowest BCUT2D eigenvalue weighted by Crippen LogP contribution is -2.31. The van der Waals surface area contributed by atoms with E-state index in [1.807, 2.05) is 30.3 Å². The molecule has 16 heavy (non-hydrogen) atoms. The van der Waals surface area contributed by atoms with Crippen molar-refractivity contribution in [2.45, 2.75) is 13.8 Å². The minimum Gasteiger partial charge on any atom is -0.297 e. The van der Waals surface area contributed by atoms with Crippen LogP contribution in [-0.2, 0) is 4.79 Å². The SMILES string of the molecule is C=C(C)C(=O)N(CC#CC)c1ccccc1. The number of anilines is 1. The number of rotatable bonds is 3. The minimum absolute atomic E-state index is 0.0889. The second-order valence-electron chi connectivity index (χ2n) is 3.43. The summed E-state index contributed by atoms with van der Waals surface area (Å²) in [4.78, 5) is 13.5. The predicted molar refractivity (Wildman–Crippen MR) is 67.1 cm³/mol. The largest absolute Gasteiger partial charge is 0.297 e. The summed E-state index contributed by atoms with van der Waals surface area (Å²) >= 11 is 0. The maximum atomic E-state index is 11.9. The van der Waals surface area contributed by atoms with E-state index in [2.05, 4.69) is 18.4 Å². The van der Waals surface area contributed by atoms with Crippen LogP contribution in [0.2, 0.25) is 0 Å². The summed E-state index contributed by atoms with van der Waals surface area (Å²) in [6.07, 6.45) is 0. The highest BCUT2D eigenvalue weighted by molar-refractivity contribution is 6.05. The molecule has 2 nitrogen and oxygen atoms in total. The molecule has 0 radical (unpaired) electrons. The number of carbonyl (C=O) groups excluding carboxylic acids is 1. The van der Waals surface area contributed by atoms with E-state index in [1.165, 1.54) is 0 Å². The molecule has 0 bridgehead atoms. The van der Waals surface area contributed by atoms with Crippen LogP contribution in [0.1, 0.15) is 13.8 Å². The number of nitrogens with zero attached hydrogens (tertiary/aromatic N) is 1. The Morgan fingerprint density at radius 1 is 1.38 bits per heavy atom. The van der Waals surface area contributed by atoms with Crippen molar-refractivity contribution in [3.8, 4) is 11.8 Å². The Morgan fingerprint density at radius 2 is 2.00 bits per heavy atom. The summed E-state index contributed by atoms with van der Waals surface area (Å²) in [6.45, 7) is 7.53. The number of carbonyl (C=O) groups is 1. The average Bonchev–Trinajstić information content (AvgIpc) is 2.30. The number of para-hydroxylation sites is 1. The first-order valence-electron chi connectivity index (χ1n) is 5.09. The highest BCUT2D eigenvalue weighted by Crippen LogP contribution is 2.14. The summed E-state index contributed by atoms with van der Waals surface area (Å²) in [5.74, 6) is 5.60. The van der Waals surface area contributed by atoms with Gasteiger partial charge in [0.15, 0.2) is 0 Å². The van der Waals surface area contributed by atoms with E-state index >= 15 is 0 Å². The Morgan fingerprint density at radius 3 is 2.50 bits per heavy atom. The second kappa shape index (κ2) is 5.77. The molecule has 0 aliphatic heterocycles. The van der Waals surface area contributed by atoms with Crippen LogP contribution in [0.5, 0.6) is 0 Å². The van der Waals surface area contributed by atoms with Crippen LogP contribution >= 0.6 is 0 Å². The van der Waals surface area contributed by atoms with Gasteiger partial charge in [0.05, 0.1) is 6.54 Å². The highest BCUT2D eigenvalue weighted by atomic mass is 16.2. The van der Waals surface area contributed by atoms with Gasteiger partial charge in [0.1, 0.15) is 0 Å². The summed E-state index contributed by atoms with van der Waals surface area (Å²) in [6, 6.07) is 9.48. The maximum Gasteiger partial charge on any atom is 0.254 e. The van der Waals surface area contributed by atoms with Gasteiger partial charge < -0.3 is 0 Å². The van der Waals surface area contributed by atoms with Crippen LogP contribution in [0.4, 0.5) is 5.69 Å². The van der Waals surface area contributed by atoms with Crippen LogP contribution in [0.3, 0.4) is 0 Å². The molecule has 0 aromatic heterocycles. The lowest BCUT2D eigenvalue weighted by Gasteiger charge is -2.20. The third-order valence-corrected chi connectivity index (χ3v) is 2.09. The van der Waals surface area contributed by atoms with Gasteiger partial charge in [0.2, 0.25) is 0 Å². The van der Waals surface area contributed by atoms with E-state index in [0.29, 0.717) is 12.1 Å². The van der Waals surface area contributed by atoms with E-state index in [-0.39, 0.29) is 5.91 Å². The zero-order valence-electron chi connectivity index (χ0n) is 9.66. The fourth-order valence-electron chi connectivity index (χ4n) is 1.28. The first-order chi connectivity index (χ1) is 7.66. The van der Waals surface area contributed by atoms with Crippen LogP contribution < -0.4 is 4.90 Å². The zero-order valence-corrected chi connectivity index (χ0v) is 9.66. The molecule has 0 saturated carbocycles. The van der Waals surface area contributed by atoms with Gasteiger partial charge in [-0.3, -0.25) is 9.69 Å². The van der Waals surface area contributed by atoms with Crippen molar-refractivity contribution in [2.24, 2.45) is 0 Å². The maximum absolute atomic E-state index is 11.9. The molecule has 82 valence electrons. The van der Waals surface area contributed by atoms with Crippen molar-refractivity contribution >= 4 is 11.6 Å². The van der Waals surface area contributed by atoms with Gasteiger partial charge in [-0.25, -0.2) is 0 Å². The zero-order chi connectivity index (χ0) is 12.0. The summed E-state index contributed by atoms with van der Waals surface area (Å²) in [5.41, 5.74) is 1.36. The second-order valence-corrected chi connectivity index (χ2v) is 3.43. The van der Waals surface area contributed by atoms with Gasteiger partial charge in [-0.05, 0) is 26.0 Å². The molecule has 0 saturated heterocycles. The Kier molecular flexibility index (Phi) is 4.35. The van der Waals surface area contributed by atoms with Gasteiger partial charge >= 0.3 is 0 Å². The van der Waals surface area contributed by atoms with Crippen LogP contribution in [0.15, 0.2) is 42.5 Å². The molecule has 0 atom stereocenters. The average molecular weight is 213 g/mol. The molecule has 0 unspecified atom stereocenters. The van der Waals surface area contributed by atoms with Gasteiger partial charge in [0, 0.05) is 11.3 Å². The molecule has 0 aliphatic carbocycles. The molecule has 0 fully saturated rings. The van der Waals surface area contributed by atoms with Crippen LogP contribution in [-0.4, -0.2) is 12.5 Å². The third-order valence-electron chi connectivity index (χ3n) is 2.09. The van der Waals surface area contributed by atoms with Crippen molar-refractivity contribution in [1.29, 1.82) is 0 Å². The van der Waals surface area contributed by atoms with E-state index in [1.54, 1.807) is 18.7 Å². The van der Waals surface area contributed by atoms with Gasteiger partial charge in [-0.1, -0.05) is 30.7 Å². The van der Waals surface area contributed by atoms with Crippen molar-refractivity contribution in [1.82, 2.24) is 0 Å². The molecular formula is C14H15NO. The normalized spacial score (nSPS) is 8.88. The Hall–Kier alpha value is -2.01. The molecule has 1 rings (SSSR count). The molecule has 1 aromatic carbocycles. The van der Waals surface area contributed by atoms with E-state index in [0.717, 1.165) is 5.69 Å². The smallest absolute Gasteiger partial charge is 0.254 e. The molecular weight excluding hydrogens is 198 g/mol. The minimum atomic E-state index is -0.0889. The molecule has 1 amide bonds. The third kappa shape index (κ3) is 2.99. The predicted octanol–water partition coefficient (Wildman–Crippen LogP) is 2.62. The Bertz CT molecular complexity index is 437. The molecule has 0 spiro atoms. The fraction of sp³-hybridized carbons (Fsp3) is 0.214. The van der Waals surface area contributed by atoms with Crippen LogP contribution in [0.25, 0.3) is 0 Å². The quantitative estimate of drug-likeness (QED) is 0.558. The van der Waals surface area contributed by atoms with Crippen molar-refractivity contribution in [2.75, 3.05) is 11.4 Å². The van der Waals surface area contributed by atoms with Gasteiger partial charge in [0.25, 0.3) is 5.91 Å². The van der Waals surface area contributed by atoms with Gasteiger partial charge in [-0.2, -0.15) is 0 Å². The van der Waals surface area contributed by atoms with Crippen molar-refractivity contribution in [3.63, 3.8) is 0 Å². The van der Waals surface area contributed by atoms with E-state index in [4.69, 9.17) is 0 Å². The van der Waals surface area contributed by atoms with Crippen molar-refractivity contribution in [3.05, 3.63) is 42.5 Å². The first kappa shape index (κ1) is 12.1. The monoisotopic (exact) mass is 213 g/mol. The topological polar surface area (TPSA) is 20.3 Å². The first-order valence-corrected chi connectivity index (χ1v) is 5.09. The Labute approximate surface area is 96.6 Å². The van der Waals surface area contributed by atoms with E-state index in [9.17, 15) is 4.79 Å². The molecule has 0 N–H and O–H groups in total. The summed E-state index contributed by atoms with van der Waals surface area (Å²) in [5, 5.41) is 0. The van der Waals surface area contributed by atoms with Gasteiger partial charge in [-0.15, -0.1) is 5.92 Å². The van der Waals surface area contributed by atoms with E-state index < -0.39 is 0 Å².